The van der Waals surface area contributed by atoms with Crippen LogP contribution in [0.25, 0.3) is 0 Å². The molecule has 1 aromatic heterocycles. The molecule has 0 spiro atoms. The summed E-state index contributed by atoms with van der Waals surface area (Å²) in [6, 6.07) is 29.3. The molecule has 2 heterocycles. The summed E-state index contributed by atoms with van der Waals surface area (Å²) in [5.41, 5.74) is -5.73. The van der Waals surface area contributed by atoms with Gasteiger partial charge in [-0.05, 0) is 84.8 Å². The molecule has 0 aliphatic carbocycles. The van der Waals surface area contributed by atoms with Crippen molar-refractivity contribution >= 4 is 11.9 Å². The SMILES string of the molecule is CCCCCCCCCCCCCCCCCCCCCCOc1cc(CC(CC(=O)O)(C(=O)O)[C@]2(O)C[C@H](n3cc(C)c(=O)[nH]c3=O)O[C@@H]2COC(c2ccccc2)(c2ccc(OC)cc2)c2ccc(OC)cc2)cc(OCCCCCCCCCCCCCCCCCCCCCC)c1. The van der Waals surface area contributed by atoms with E-state index in [0.717, 1.165) is 43.1 Å². The first kappa shape index (κ1) is 83.5. The van der Waals surface area contributed by atoms with E-state index >= 15 is 0 Å². The van der Waals surface area contributed by atoms with Gasteiger partial charge in [0.15, 0.2) is 0 Å². The Kier molecular flexibility index (Phi) is 39.5. The maximum atomic E-state index is 14.7. The molecule has 15 nitrogen and oxygen atoms in total. The Hall–Kier alpha value is -6.42. The quantitative estimate of drug-likeness (QED) is 0.0212. The van der Waals surface area contributed by atoms with Gasteiger partial charge in [0.2, 0.25) is 0 Å². The Labute approximate surface area is 606 Å². The number of unbranched alkanes of at least 4 members (excludes halogenated alkanes) is 38. The van der Waals surface area contributed by atoms with Crippen LogP contribution in [0.3, 0.4) is 0 Å². The molecule has 0 amide bonds. The van der Waals surface area contributed by atoms with Crippen LogP contribution in [0.1, 0.15) is 318 Å². The molecule has 4 aromatic carbocycles. The molecule has 4 atom stereocenters. The average molecular weight is 1400 g/mol. The van der Waals surface area contributed by atoms with Crippen LogP contribution in [0.15, 0.2) is 113 Å². The largest absolute Gasteiger partial charge is 0.497 e. The van der Waals surface area contributed by atoms with Gasteiger partial charge in [-0.3, -0.25) is 23.9 Å². The van der Waals surface area contributed by atoms with Crippen LogP contribution in [0.2, 0.25) is 0 Å². The lowest BCUT2D eigenvalue weighted by Gasteiger charge is -2.45. The number of hydrogen-bond acceptors (Lipinski definition) is 11. The highest BCUT2D eigenvalue weighted by molar-refractivity contribution is 5.83. The third kappa shape index (κ3) is 27.9. The molecular weight excluding hydrogens is 1270 g/mol. The normalized spacial score (nSPS) is 15.9. The second-order valence-electron chi connectivity index (χ2n) is 29.1. The predicted octanol–water partition coefficient (Wildman–Crippen LogP) is 21.1. The number of rotatable bonds is 59. The lowest BCUT2D eigenvalue weighted by Crippen LogP contribution is -2.61. The third-order valence-corrected chi connectivity index (χ3v) is 21.1. The third-order valence-electron chi connectivity index (χ3n) is 21.1. The molecule has 1 aliphatic rings. The monoisotopic (exact) mass is 1400 g/mol. The summed E-state index contributed by atoms with van der Waals surface area (Å²) < 4.78 is 39.4. The molecule has 1 aliphatic heterocycles. The maximum Gasteiger partial charge on any atom is 0.330 e. The topological polar surface area (TPSA) is 205 Å². The number of aliphatic carboxylic acids is 2. The van der Waals surface area contributed by atoms with Gasteiger partial charge in [-0.15, -0.1) is 0 Å². The lowest BCUT2D eigenvalue weighted by atomic mass is 9.62. The van der Waals surface area contributed by atoms with Crippen molar-refractivity contribution in [2.75, 3.05) is 34.0 Å². The average Bonchev–Trinajstić information content (AvgIpc) is 1.65. The summed E-state index contributed by atoms with van der Waals surface area (Å²) in [7, 11) is 3.14. The molecule has 101 heavy (non-hydrogen) atoms. The smallest absolute Gasteiger partial charge is 0.330 e. The summed E-state index contributed by atoms with van der Waals surface area (Å²) >= 11 is 0. The maximum absolute atomic E-state index is 14.7. The van der Waals surface area contributed by atoms with Gasteiger partial charge in [0.1, 0.15) is 51.9 Å². The molecular formula is C86H130N2O13. The molecule has 5 aromatic rings. The number of carboxylic acid groups (broad SMARTS) is 2. The van der Waals surface area contributed by atoms with Crippen LogP contribution >= 0.6 is 0 Å². The first-order valence-corrected chi connectivity index (χ1v) is 39.8. The Morgan fingerprint density at radius 3 is 1.24 bits per heavy atom. The molecule has 0 saturated carbocycles. The molecule has 1 unspecified atom stereocenters. The van der Waals surface area contributed by atoms with Gasteiger partial charge in [0, 0.05) is 24.2 Å². The van der Waals surface area contributed by atoms with E-state index in [2.05, 4.69) is 18.8 Å². The number of benzene rings is 4. The van der Waals surface area contributed by atoms with Crippen molar-refractivity contribution in [2.24, 2.45) is 5.41 Å². The van der Waals surface area contributed by atoms with Crippen molar-refractivity contribution in [1.29, 1.82) is 0 Å². The van der Waals surface area contributed by atoms with Crippen molar-refractivity contribution in [3.05, 3.63) is 152 Å². The molecule has 4 N–H and O–H groups in total. The van der Waals surface area contributed by atoms with Gasteiger partial charge in [-0.2, -0.15) is 0 Å². The van der Waals surface area contributed by atoms with Crippen LogP contribution < -0.4 is 30.2 Å². The summed E-state index contributed by atoms with van der Waals surface area (Å²) in [4.78, 5) is 57.2. The van der Waals surface area contributed by atoms with Crippen molar-refractivity contribution in [3.8, 4) is 23.0 Å². The minimum Gasteiger partial charge on any atom is -0.497 e. The van der Waals surface area contributed by atoms with Crippen LogP contribution in [0.5, 0.6) is 23.0 Å². The second-order valence-corrected chi connectivity index (χ2v) is 29.1. The van der Waals surface area contributed by atoms with Gasteiger partial charge in [0.05, 0.1) is 40.5 Å². The molecule has 0 bridgehead atoms. The molecule has 15 heteroatoms. The highest BCUT2D eigenvalue weighted by atomic mass is 16.6. The van der Waals surface area contributed by atoms with E-state index in [1.807, 2.05) is 60.7 Å². The number of carboxylic acids is 2. The van der Waals surface area contributed by atoms with E-state index in [9.17, 15) is 34.5 Å². The van der Waals surface area contributed by atoms with E-state index in [4.69, 9.17) is 28.4 Å². The zero-order valence-corrected chi connectivity index (χ0v) is 62.9. The van der Waals surface area contributed by atoms with E-state index in [1.165, 1.54) is 231 Å². The second kappa shape index (κ2) is 47.8. The fourth-order valence-corrected chi connectivity index (χ4v) is 15.0. The fraction of sp³-hybridized carbons (Fsp3) is 0.651. The highest BCUT2D eigenvalue weighted by Crippen LogP contribution is 2.53. The molecule has 6 rings (SSSR count). The predicted molar refractivity (Wildman–Crippen MR) is 407 cm³/mol. The van der Waals surface area contributed by atoms with Crippen LogP contribution in [-0.2, 0) is 31.1 Å². The van der Waals surface area contributed by atoms with Crippen LogP contribution in [0.4, 0.5) is 0 Å². The Balaban J connectivity index is 1.17. The van der Waals surface area contributed by atoms with Crippen molar-refractivity contribution in [3.63, 3.8) is 0 Å². The van der Waals surface area contributed by atoms with E-state index in [1.54, 1.807) is 50.6 Å². The number of hydrogen-bond donors (Lipinski definition) is 4. The summed E-state index contributed by atoms with van der Waals surface area (Å²) in [5.74, 6) is -1.07. The van der Waals surface area contributed by atoms with Crippen molar-refractivity contribution in [1.82, 2.24) is 9.55 Å². The Morgan fingerprint density at radius 1 is 0.515 bits per heavy atom. The fourth-order valence-electron chi connectivity index (χ4n) is 15.0. The number of aryl methyl sites for hydroxylation is 1. The number of carbonyl (C=O) groups is 2. The highest BCUT2D eigenvalue weighted by Gasteiger charge is 2.66. The van der Waals surface area contributed by atoms with E-state index in [0.29, 0.717) is 58.5 Å². The zero-order chi connectivity index (χ0) is 72.2. The Morgan fingerprint density at radius 2 is 0.881 bits per heavy atom. The summed E-state index contributed by atoms with van der Waals surface area (Å²) in [6.45, 7) is 6.33. The van der Waals surface area contributed by atoms with Crippen molar-refractivity contribution < 1.29 is 53.3 Å². The number of nitrogens with one attached hydrogen (secondary N) is 1. The molecule has 562 valence electrons. The molecule has 1 saturated heterocycles. The van der Waals surface area contributed by atoms with Crippen LogP contribution in [0, 0.1) is 12.3 Å². The number of H-pyrrole nitrogens is 1. The molecule has 1 fully saturated rings. The zero-order valence-electron chi connectivity index (χ0n) is 62.9. The van der Waals surface area contributed by atoms with Crippen molar-refractivity contribution in [2.45, 2.75) is 320 Å². The first-order chi connectivity index (χ1) is 49.2. The number of aromatic amines is 1. The Bertz CT molecular complexity index is 3050. The van der Waals surface area contributed by atoms with Gasteiger partial charge in [0.25, 0.3) is 5.56 Å². The van der Waals surface area contributed by atoms with Gasteiger partial charge >= 0.3 is 17.6 Å². The summed E-state index contributed by atoms with van der Waals surface area (Å²) in [6.07, 6.45) is 47.3. The number of aliphatic hydroxyl groups is 1. The van der Waals surface area contributed by atoms with Crippen LogP contribution in [-0.4, -0.2) is 82.6 Å². The van der Waals surface area contributed by atoms with Gasteiger partial charge in [-0.25, -0.2) is 4.79 Å². The van der Waals surface area contributed by atoms with Gasteiger partial charge < -0.3 is 43.7 Å². The summed E-state index contributed by atoms with van der Waals surface area (Å²) in [5, 5.41) is 36.8. The number of aromatic nitrogens is 2. The minimum atomic E-state index is -2.61. The standard InChI is InChI=1S/C86H130N2O13/c1-6-8-10-12-14-16-18-20-22-24-26-28-30-32-34-36-38-40-42-47-59-98-76-61-70(62-77(63-76)99-60-48-43-41-39-37-35-33-31-29-27-25-23-21-19-17-15-13-11-9-7-2)64-84(82(92)93,66-80(89)90)85(95)65-79(88-67-69(3)81(91)87-83(88)94)101-78(85)68-100-86(71-49-45-44-46-50-71,72-51-55-74(96-4)56-52-72)73-53-57-75(97-5)58-54-73/h44-46,49-58,61-63,67,78-79,95H,6-43,47-48,59-60,64-66,68H2,1-5H3,(H,89,90)(H,92,93)(H,87,91,94)/t78-,79-,84?,85+/m1/s1. The lowest BCUT2D eigenvalue weighted by molar-refractivity contribution is -0.194. The number of nitrogens with zero attached hydrogens (tertiary/aromatic N) is 1. The van der Waals surface area contributed by atoms with Gasteiger partial charge in [-0.1, -0.05) is 312 Å². The van der Waals surface area contributed by atoms with E-state index < -0.39 is 78.0 Å². The van der Waals surface area contributed by atoms with E-state index in [-0.39, 0.29) is 5.56 Å². The number of methoxy groups -OCH3 is 2. The first-order valence-electron chi connectivity index (χ1n) is 39.8. The minimum absolute atomic E-state index is 0.156. The molecule has 0 radical (unpaired) electrons. The number of ether oxygens (including phenoxy) is 6.